The number of hydrogen-bond acceptors (Lipinski definition) is 4. The molecule has 0 aromatic rings. The monoisotopic (exact) mass is 188 g/mol. The van der Waals surface area contributed by atoms with Gasteiger partial charge in [0.25, 0.3) is 5.91 Å². The van der Waals surface area contributed by atoms with Crippen LogP contribution in [0.2, 0.25) is 0 Å². The first-order valence-electron chi connectivity index (χ1n) is 4.08. The van der Waals surface area contributed by atoms with Gasteiger partial charge in [0.2, 0.25) is 5.91 Å². The summed E-state index contributed by atoms with van der Waals surface area (Å²) >= 11 is 0. The Balaban J connectivity index is 3.80. The summed E-state index contributed by atoms with van der Waals surface area (Å²) in [6.07, 6.45) is -0.800. The molecule has 0 aliphatic heterocycles. The van der Waals surface area contributed by atoms with Gasteiger partial charge in [-0.25, -0.2) is 0 Å². The van der Waals surface area contributed by atoms with Crippen LogP contribution in [-0.2, 0) is 9.59 Å². The lowest BCUT2D eigenvalue weighted by Gasteiger charge is -2.13. The first kappa shape index (κ1) is 11.9. The Kier molecular flexibility index (Phi) is 5.82. The van der Waals surface area contributed by atoms with E-state index < -0.39 is 12.1 Å². The largest absolute Gasteiger partial charge is 0.367 e. The zero-order valence-electron chi connectivity index (χ0n) is 7.89. The van der Waals surface area contributed by atoms with Gasteiger partial charge in [0.15, 0.2) is 6.17 Å². The molecule has 0 saturated carbocycles. The summed E-state index contributed by atoms with van der Waals surface area (Å²) in [5.41, 5.74) is 4.99. The van der Waals surface area contributed by atoms with Gasteiger partial charge in [-0.05, 0) is 13.6 Å². The minimum Gasteiger partial charge on any atom is -0.367 e. The summed E-state index contributed by atoms with van der Waals surface area (Å²) in [7, 11) is 1.54. The minimum atomic E-state index is -0.800. The Bertz CT molecular complexity index is 183. The van der Waals surface area contributed by atoms with E-state index in [1.165, 1.54) is 0 Å². The van der Waals surface area contributed by atoms with Gasteiger partial charge in [-0.1, -0.05) is 6.92 Å². The van der Waals surface area contributed by atoms with Gasteiger partial charge in [-0.15, -0.1) is 0 Å². The minimum absolute atomic E-state index is 0.183. The number of likely N-dealkylation sites (N-methyl/N-ethyl adjacent to an activating group) is 2. The first-order valence-corrected chi connectivity index (χ1v) is 4.08. The fourth-order valence-corrected chi connectivity index (χ4v) is 0.736. The zero-order valence-corrected chi connectivity index (χ0v) is 7.89. The third-order valence-electron chi connectivity index (χ3n) is 1.41. The Labute approximate surface area is 77.2 Å². The van der Waals surface area contributed by atoms with E-state index in [1.54, 1.807) is 7.05 Å². The van der Waals surface area contributed by atoms with E-state index in [1.807, 2.05) is 6.92 Å². The van der Waals surface area contributed by atoms with Crippen LogP contribution in [0.1, 0.15) is 6.92 Å². The molecule has 0 aliphatic rings. The fourth-order valence-electron chi connectivity index (χ4n) is 0.736. The molecule has 0 heterocycles. The van der Waals surface area contributed by atoms with Crippen LogP contribution in [0.3, 0.4) is 0 Å². The zero-order chi connectivity index (χ0) is 10.3. The number of carbonyl (C=O) groups excluding carboxylic acids is 2. The van der Waals surface area contributed by atoms with Crippen molar-refractivity contribution in [1.29, 1.82) is 0 Å². The molecule has 0 bridgehead atoms. The highest BCUT2D eigenvalue weighted by Crippen LogP contribution is 1.74. The molecule has 6 heteroatoms. The summed E-state index contributed by atoms with van der Waals surface area (Å²) in [5, 5.41) is 7.81. The van der Waals surface area contributed by atoms with Crippen LogP contribution in [0.25, 0.3) is 0 Å². The van der Waals surface area contributed by atoms with Crippen molar-refractivity contribution in [3.05, 3.63) is 0 Å². The molecule has 1 atom stereocenters. The number of nitrogens with two attached hydrogens (primary N) is 1. The first-order chi connectivity index (χ1) is 6.11. The lowest BCUT2D eigenvalue weighted by molar-refractivity contribution is -0.127. The molecule has 0 aromatic heterocycles. The van der Waals surface area contributed by atoms with Crippen molar-refractivity contribution < 1.29 is 9.59 Å². The number of rotatable bonds is 6. The maximum absolute atomic E-state index is 11.1. The third-order valence-corrected chi connectivity index (χ3v) is 1.41. The van der Waals surface area contributed by atoms with Crippen LogP contribution in [0.5, 0.6) is 0 Å². The standard InChI is InChI=1S/C7H16N4O2/c1-3-10-4-5(12)11-7(9-2)6(8)13/h7,9-10H,3-4H2,1-2H3,(H2,8,13)(H,11,12). The molecule has 0 aromatic carbocycles. The maximum atomic E-state index is 11.1. The van der Waals surface area contributed by atoms with Gasteiger partial charge in [-0.2, -0.15) is 0 Å². The van der Waals surface area contributed by atoms with Crippen molar-refractivity contribution in [3.63, 3.8) is 0 Å². The summed E-state index contributed by atoms with van der Waals surface area (Å²) in [6, 6.07) is 0. The van der Waals surface area contributed by atoms with Gasteiger partial charge in [0.05, 0.1) is 6.54 Å². The highest BCUT2D eigenvalue weighted by Gasteiger charge is 2.14. The topological polar surface area (TPSA) is 96.2 Å². The van der Waals surface area contributed by atoms with E-state index >= 15 is 0 Å². The molecule has 76 valence electrons. The van der Waals surface area contributed by atoms with Crippen molar-refractivity contribution in [2.24, 2.45) is 5.73 Å². The normalized spacial score (nSPS) is 12.2. The number of carbonyl (C=O) groups is 2. The van der Waals surface area contributed by atoms with Gasteiger partial charge < -0.3 is 16.4 Å². The van der Waals surface area contributed by atoms with E-state index in [0.717, 1.165) is 0 Å². The van der Waals surface area contributed by atoms with E-state index in [0.29, 0.717) is 6.54 Å². The van der Waals surface area contributed by atoms with E-state index in [9.17, 15) is 9.59 Å². The highest BCUT2D eigenvalue weighted by atomic mass is 16.2. The molecule has 6 nitrogen and oxygen atoms in total. The quantitative estimate of drug-likeness (QED) is 0.354. The van der Waals surface area contributed by atoms with Crippen LogP contribution in [0.4, 0.5) is 0 Å². The van der Waals surface area contributed by atoms with Crippen LogP contribution < -0.4 is 21.7 Å². The predicted octanol–water partition coefficient (Wildman–Crippen LogP) is -2.26. The summed E-state index contributed by atoms with van der Waals surface area (Å²) in [5.74, 6) is -0.868. The fraction of sp³-hybridized carbons (Fsp3) is 0.714. The van der Waals surface area contributed by atoms with Crippen molar-refractivity contribution in [2.75, 3.05) is 20.1 Å². The second-order valence-electron chi connectivity index (χ2n) is 2.47. The van der Waals surface area contributed by atoms with Crippen LogP contribution in [0, 0.1) is 0 Å². The van der Waals surface area contributed by atoms with Crippen molar-refractivity contribution >= 4 is 11.8 Å². The van der Waals surface area contributed by atoms with Gasteiger partial charge in [0, 0.05) is 0 Å². The van der Waals surface area contributed by atoms with Crippen molar-refractivity contribution in [2.45, 2.75) is 13.1 Å². The Morgan fingerprint density at radius 1 is 1.46 bits per heavy atom. The molecular weight excluding hydrogens is 172 g/mol. The third kappa shape index (κ3) is 5.15. The summed E-state index contributed by atoms with van der Waals surface area (Å²) in [6.45, 7) is 2.77. The lowest BCUT2D eigenvalue weighted by atomic mass is 10.4. The number of amides is 2. The van der Waals surface area contributed by atoms with E-state index in [-0.39, 0.29) is 12.5 Å². The number of hydrogen-bond donors (Lipinski definition) is 4. The van der Waals surface area contributed by atoms with Crippen molar-refractivity contribution in [3.8, 4) is 0 Å². The maximum Gasteiger partial charge on any atom is 0.255 e. The molecule has 1 unspecified atom stereocenters. The van der Waals surface area contributed by atoms with Gasteiger partial charge in [0.1, 0.15) is 0 Å². The molecular formula is C7H16N4O2. The smallest absolute Gasteiger partial charge is 0.255 e. The van der Waals surface area contributed by atoms with E-state index in [4.69, 9.17) is 5.73 Å². The molecule has 5 N–H and O–H groups in total. The van der Waals surface area contributed by atoms with Crippen LogP contribution in [-0.4, -0.2) is 38.1 Å². The molecule has 13 heavy (non-hydrogen) atoms. The molecule has 0 radical (unpaired) electrons. The molecule has 0 aliphatic carbocycles. The summed E-state index contributed by atoms with van der Waals surface area (Å²) < 4.78 is 0. The second kappa shape index (κ2) is 6.38. The van der Waals surface area contributed by atoms with Crippen LogP contribution >= 0.6 is 0 Å². The average Bonchev–Trinajstić information content (AvgIpc) is 2.10. The molecule has 0 rings (SSSR count). The molecule has 0 saturated heterocycles. The summed E-state index contributed by atoms with van der Waals surface area (Å²) in [4.78, 5) is 21.7. The van der Waals surface area contributed by atoms with Gasteiger partial charge in [-0.3, -0.25) is 14.9 Å². The Morgan fingerprint density at radius 2 is 2.08 bits per heavy atom. The van der Waals surface area contributed by atoms with Crippen LogP contribution in [0.15, 0.2) is 0 Å². The molecule has 0 fully saturated rings. The Morgan fingerprint density at radius 3 is 2.46 bits per heavy atom. The van der Waals surface area contributed by atoms with Gasteiger partial charge >= 0.3 is 0 Å². The van der Waals surface area contributed by atoms with E-state index in [2.05, 4.69) is 16.0 Å². The molecule has 2 amide bonds. The average molecular weight is 188 g/mol. The SMILES string of the molecule is CCNCC(=O)NC(NC)C(N)=O. The molecule has 0 spiro atoms. The second-order valence-corrected chi connectivity index (χ2v) is 2.47. The lowest BCUT2D eigenvalue weighted by Crippen LogP contribution is -2.53. The number of primary amides is 1. The Hall–Kier alpha value is -1.14. The highest BCUT2D eigenvalue weighted by molar-refractivity contribution is 5.86. The van der Waals surface area contributed by atoms with Crippen molar-refractivity contribution in [1.82, 2.24) is 16.0 Å². The number of nitrogens with one attached hydrogen (secondary N) is 3. The predicted molar refractivity (Wildman–Crippen MR) is 48.7 cm³/mol.